The Morgan fingerprint density at radius 2 is 1.53 bits per heavy atom. The minimum absolute atomic E-state index is 0.0313. The van der Waals surface area contributed by atoms with Gasteiger partial charge in [0, 0.05) is 6.42 Å². The standard InChI is InChI=1S/C41H66O2Si2/c1-30(21-22-32-18-15-14-16-19-32)36-25-26-37-33(20-17-27-41(36,37)9)23-24-34-28-35(42-44(10,11)39(3,4)5)29-38(31(34)2)43-45(12,13)40(6,7)8/h14-16,18-19,21-24,30,35-38H,2,17,20,25-29H2,1,3-13H3/b22-21-,33-23+,34-24-/t30-,35+,36+,37-,38-,41+/m0/s1. The average molecular weight is 647 g/mol. The fourth-order valence-corrected chi connectivity index (χ4v) is 10.5. The Hall–Kier alpha value is -1.47. The molecule has 0 bridgehead atoms. The zero-order valence-corrected chi connectivity index (χ0v) is 33.1. The maximum absolute atomic E-state index is 7.10. The molecule has 1 aromatic carbocycles. The van der Waals surface area contributed by atoms with Crippen LogP contribution in [-0.4, -0.2) is 28.8 Å². The number of rotatable bonds is 8. The Bertz CT molecular complexity index is 1270. The Kier molecular flexibility index (Phi) is 11.0. The van der Waals surface area contributed by atoms with E-state index in [1.807, 2.05) is 0 Å². The predicted octanol–water partition coefficient (Wildman–Crippen LogP) is 12.5. The SMILES string of the molecule is C=C1/C(=C\C=C2/CCC[C@]3(C)[C@@H]([C@@H](C)/C=C\c4ccccc4)CC[C@@H]23)C[C@@H](O[Si](C)(C)C(C)(C)C)C[C@@H]1O[Si](C)(C)C(C)(C)C. The van der Waals surface area contributed by atoms with Gasteiger partial charge in [0.2, 0.25) is 0 Å². The summed E-state index contributed by atoms with van der Waals surface area (Å²) in [5.41, 5.74) is 5.88. The molecule has 3 saturated carbocycles. The molecule has 0 unspecified atom stereocenters. The molecule has 2 nitrogen and oxygen atoms in total. The largest absolute Gasteiger partial charge is 0.413 e. The lowest BCUT2D eigenvalue weighted by Crippen LogP contribution is -2.49. The van der Waals surface area contributed by atoms with Crippen molar-refractivity contribution in [3.63, 3.8) is 0 Å². The predicted molar refractivity (Wildman–Crippen MR) is 201 cm³/mol. The second-order valence-corrected chi connectivity index (χ2v) is 27.5. The lowest BCUT2D eigenvalue weighted by atomic mass is 9.61. The van der Waals surface area contributed by atoms with Gasteiger partial charge in [-0.15, -0.1) is 0 Å². The number of allylic oxidation sites excluding steroid dienone is 4. The molecule has 4 heteroatoms. The molecule has 0 saturated heterocycles. The first kappa shape index (κ1) is 36.4. The topological polar surface area (TPSA) is 18.5 Å². The maximum Gasteiger partial charge on any atom is 0.192 e. The summed E-state index contributed by atoms with van der Waals surface area (Å²) in [7, 11) is -3.89. The lowest BCUT2D eigenvalue weighted by molar-refractivity contribution is 0.0969. The van der Waals surface area contributed by atoms with E-state index in [1.165, 1.54) is 48.8 Å². The fourth-order valence-electron chi connectivity index (χ4n) is 7.87. The van der Waals surface area contributed by atoms with Crippen molar-refractivity contribution in [1.29, 1.82) is 0 Å². The van der Waals surface area contributed by atoms with E-state index in [2.05, 4.69) is 136 Å². The van der Waals surface area contributed by atoms with Gasteiger partial charge in [-0.2, -0.15) is 0 Å². The molecule has 1 aromatic rings. The molecule has 3 aliphatic carbocycles. The van der Waals surface area contributed by atoms with E-state index in [-0.39, 0.29) is 22.3 Å². The average Bonchev–Trinajstić information content (AvgIpc) is 3.29. The van der Waals surface area contributed by atoms with Crippen molar-refractivity contribution in [2.75, 3.05) is 0 Å². The summed E-state index contributed by atoms with van der Waals surface area (Å²) < 4.78 is 14.2. The molecule has 0 radical (unpaired) electrons. The van der Waals surface area contributed by atoms with Crippen LogP contribution in [0.5, 0.6) is 0 Å². The van der Waals surface area contributed by atoms with E-state index in [0.717, 1.165) is 18.8 Å². The Balaban J connectivity index is 1.59. The van der Waals surface area contributed by atoms with Gasteiger partial charge in [0.1, 0.15) is 0 Å². The Morgan fingerprint density at radius 3 is 2.16 bits per heavy atom. The zero-order valence-electron chi connectivity index (χ0n) is 31.1. The summed E-state index contributed by atoms with van der Waals surface area (Å²) in [4.78, 5) is 0. The molecule has 3 fully saturated rings. The summed E-state index contributed by atoms with van der Waals surface area (Å²) >= 11 is 0. The number of hydrogen-bond donors (Lipinski definition) is 0. The van der Waals surface area contributed by atoms with Crippen molar-refractivity contribution in [2.45, 2.75) is 149 Å². The molecule has 0 N–H and O–H groups in total. The highest BCUT2D eigenvalue weighted by atomic mass is 28.4. The highest BCUT2D eigenvalue weighted by molar-refractivity contribution is 6.74. The maximum atomic E-state index is 7.10. The third kappa shape index (κ3) is 8.16. The van der Waals surface area contributed by atoms with Crippen molar-refractivity contribution in [3.05, 3.63) is 77.4 Å². The molecule has 6 atom stereocenters. The van der Waals surface area contributed by atoms with Crippen LogP contribution in [0.4, 0.5) is 0 Å². The Labute approximate surface area is 280 Å². The highest BCUT2D eigenvalue weighted by Crippen LogP contribution is 2.59. The second kappa shape index (κ2) is 13.6. The van der Waals surface area contributed by atoms with Crippen LogP contribution in [-0.2, 0) is 8.85 Å². The molecule has 0 aliphatic heterocycles. The second-order valence-electron chi connectivity index (χ2n) is 18.0. The van der Waals surface area contributed by atoms with Crippen LogP contribution in [0.25, 0.3) is 6.08 Å². The molecule has 4 rings (SSSR count). The first-order chi connectivity index (χ1) is 20.7. The van der Waals surface area contributed by atoms with Gasteiger partial charge >= 0.3 is 0 Å². The van der Waals surface area contributed by atoms with Crippen molar-refractivity contribution in [3.8, 4) is 0 Å². The number of benzene rings is 1. The molecule has 0 spiro atoms. The number of fused-ring (bicyclic) bond motifs is 1. The minimum Gasteiger partial charge on any atom is -0.413 e. The molecular weight excluding hydrogens is 581 g/mol. The van der Waals surface area contributed by atoms with Crippen LogP contribution >= 0.6 is 0 Å². The minimum atomic E-state index is -1.97. The summed E-state index contributed by atoms with van der Waals surface area (Å²) in [6, 6.07) is 10.8. The molecule has 0 amide bonds. The van der Waals surface area contributed by atoms with Crippen molar-refractivity contribution < 1.29 is 8.85 Å². The van der Waals surface area contributed by atoms with Gasteiger partial charge in [0.15, 0.2) is 16.6 Å². The quantitative estimate of drug-likeness (QED) is 0.262. The zero-order chi connectivity index (χ0) is 33.4. The van der Waals surface area contributed by atoms with Gasteiger partial charge in [-0.05, 0) is 115 Å². The third-order valence-electron chi connectivity index (χ3n) is 12.8. The summed E-state index contributed by atoms with van der Waals surface area (Å²) in [6.45, 7) is 33.3. The smallest absolute Gasteiger partial charge is 0.192 e. The van der Waals surface area contributed by atoms with Gasteiger partial charge < -0.3 is 8.85 Å². The Morgan fingerprint density at radius 1 is 0.911 bits per heavy atom. The molecule has 3 aliphatic rings. The number of hydrogen-bond acceptors (Lipinski definition) is 2. The van der Waals surface area contributed by atoms with E-state index in [9.17, 15) is 0 Å². The van der Waals surface area contributed by atoms with Gasteiger partial charge in [-0.25, -0.2) is 0 Å². The van der Waals surface area contributed by atoms with Crippen LogP contribution in [0.3, 0.4) is 0 Å². The van der Waals surface area contributed by atoms with Gasteiger partial charge in [0.25, 0.3) is 0 Å². The molecule has 0 aromatic heterocycles. The summed E-state index contributed by atoms with van der Waals surface area (Å²) in [5, 5.41) is 0.341. The normalized spacial score (nSPS) is 31.2. The molecule has 0 heterocycles. The van der Waals surface area contributed by atoms with E-state index >= 15 is 0 Å². The van der Waals surface area contributed by atoms with E-state index in [1.54, 1.807) is 5.57 Å². The summed E-state index contributed by atoms with van der Waals surface area (Å²) in [5.74, 6) is 1.99. The molecule has 250 valence electrons. The first-order valence-electron chi connectivity index (χ1n) is 17.9. The van der Waals surface area contributed by atoms with Crippen LogP contribution in [0.15, 0.2) is 71.9 Å². The van der Waals surface area contributed by atoms with Crippen LogP contribution in [0.2, 0.25) is 36.3 Å². The molecule has 45 heavy (non-hydrogen) atoms. The fraction of sp³-hybridized carbons (Fsp3) is 0.659. The van der Waals surface area contributed by atoms with Crippen molar-refractivity contribution >= 4 is 22.7 Å². The van der Waals surface area contributed by atoms with E-state index in [4.69, 9.17) is 15.4 Å². The first-order valence-corrected chi connectivity index (χ1v) is 23.7. The van der Waals surface area contributed by atoms with E-state index in [0.29, 0.717) is 17.3 Å². The molecular formula is C41H66O2Si2. The van der Waals surface area contributed by atoms with Gasteiger partial charge in [0.05, 0.1) is 12.2 Å². The lowest BCUT2D eigenvalue weighted by Gasteiger charge is -2.45. The highest BCUT2D eigenvalue weighted by Gasteiger charge is 2.50. The van der Waals surface area contributed by atoms with E-state index < -0.39 is 16.6 Å². The van der Waals surface area contributed by atoms with Crippen LogP contribution < -0.4 is 0 Å². The van der Waals surface area contributed by atoms with Gasteiger partial charge in [-0.3, -0.25) is 0 Å². The third-order valence-corrected chi connectivity index (χ3v) is 21.8. The van der Waals surface area contributed by atoms with Gasteiger partial charge in [-0.1, -0.05) is 122 Å². The van der Waals surface area contributed by atoms with Crippen molar-refractivity contribution in [2.24, 2.45) is 23.2 Å². The van der Waals surface area contributed by atoms with Crippen molar-refractivity contribution in [1.82, 2.24) is 0 Å². The monoisotopic (exact) mass is 646 g/mol. The van der Waals surface area contributed by atoms with Crippen LogP contribution in [0.1, 0.15) is 106 Å². The van der Waals surface area contributed by atoms with Crippen LogP contribution in [0, 0.1) is 23.2 Å². The summed E-state index contributed by atoms with van der Waals surface area (Å²) in [6.07, 6.45) is 18.4.